The number of aryl methyl sites for hydroxylation is 1. The van der Waals surface area contributed by atoms with Gasteiger partial charge >= 0.3 is 5.97 Å². The molecule has 0 amide bonds. The molecule has 0 radical (unpaired) electrons. The minimum atomic E-state index is -0.993. The second-order valence-electron chi connectivity index (χ2n) is 5.58. The Morgan fingerprint density at radius 3 is 2.32 bits per heavy atom. The average Bonchev–Trinajstić information content (AvgIpc) is 2.64. The highest BCUT2D eigenvalue weighted by atomic mass is 32.2. The van der Waals surface area contributed by atoms with Crippen LogP contribution in [0.5, 0.6) is 5.75 Å². The second kappa shape index (κ2) is 9.89. The molecule has 0 atom stereocenters. The molecule has 2 rings (SSSR count). The van der Waals surface area contributed by atoms with Gasteiger partial charge in [-0.15, -0.1) is 11.8 Å². The monoisotopic (exact) mass is 358 g/mol. The number of Topliss-reactive ketones (excluding diaryl/α,β-unsaturated/α-hetero) is 1. The topological polar surface area (TPSA) is 63.6 Å². The summed E-state index contributed by atoms with van der Waals surface area (Å²) in [5.41, 5.74) is 2.02. The minimum absolute atomic E-state index is 0.181. The van der Waals surface area contributed by atoms with Crippen molar-refractivity contribution in [3.8, 4) is 5.75 Å². The number of benzene rings is 2. The van der Waals surface area contributed by atoms with Crippen molar-refractivity contribution in [1.29, 1.82) is 0 Å². The number of carboxylic acid groups (broad SMARTS) is 1. The van der Waals surface area contributed by atoms with Gasteiger partial charge in [0, 0.05) is 16.9 Å². The van der Waals surface area contributed by atoms with E-state index in [1.54, 1.807) is 23.9 Å². The maximum Gasteiger partial charge on any atom is 0.341 e. The van der Waals surface area contributed by atoms with E-state index in [2.05, 4.69) is 6.92 Å². The Kier molecular flexibility index (Phi) is 7.54. The number of ketones is 1. The maximum absolute atomic E-state index is 12.2. The molecule has 0 unspecified atom stereocenters. The van der Waals surface area contributed by atoms with E-state index in [4.69, 9.17) is 9.84 Å². The lowest BCUT2D eigenvalue weighted by Crippen LogP contribution is -2.09. The molecule has 0 saturated carbocycles. The van der Waals surface area contributed by atoms with Gasteiger partial charge in [0.25, 0.3) is 0 Å². The Bertz CT molecular complexity index is 693. The summed E-state index contributed by atoms with van der Waals surface area (Å²) in [6.07, 6.45) is 2.33. The summed E-state index contributed by atoms with van der Waals surface area (Å²) in [5, 5.41) is 8.57. The summed E-state index contributed by atoms with van der Waals surface area (Å²) in [7, 11) is 0. The number of carbonyl (C=O) groups excluding carboxylic acids is 1. The van der Waals surface area contributed by atoms with Gasteiger partial charge in [-0.25, -0.2) is 4.79 Å². The predicted molar refractivity (Wildman–Crippen MR) is 99.7 cm³/mol. The summed E-state index contributed by atoms with van der Waals surface area (Å²) in [4.78, 5) is 23.7. The van der Waals surface area contributed by atoms with E-state index in [1.165, 1.54) is 5.56 Å². The van der Waals surface area contributed by atoms with Crippen molar-refractivity contribution in [2.75, 3.05) is 12.4 Å². The van der Waals surface area contributed by atoms with E-state index >= 15 is 0 Å². The Morgan fingerprint density at radius 1 is 1.04 bits per heavy atom. The molecular weight excluding hydrogens is 336 g/mol. The summed E-state index contributed by atoms with van der Waals surface area (Å²) >= 11 is 1.67. The molecule has 0 bridgehead atoms. The van der Waals surface area contributed by atoms with Gasteiger partial charge in [-0.3, -0.25) is 4.79 Å². The quantitative estimate of drug-likeness (QED) is 0.386. The zero-order chi connectivity index (χ0) is 18.1. The summed E-state index contributed by atoms with van der Waals surface area (Å²) < 4.78 is 5.09. The lowest BCUT2D eigenvalue weighted by atomic mass is 10.0. The van der Waals surface area contributed by atoms with Crippen LogP contribution in [0.25, 0.3) is 0 Å². The van der Waals surface area contributed by atoms with E-state index in [9.17, 15) is 9.59 Å². The molecule has 25 heavy (non-hydrogen) atoms. The number of thioether (sulfide) groups is 1. The first-order chi connectivity index (χ1) is 12.1. The normalized spacial score (nSPS) is 10.4. The van der Waals surface area contributed by atoms with Crippen LogP contribution in [0.15, 0.2) is 53.4 Å². The van der Waals surface area contributed by atoms with Gasteiger partial charge in [0.15, 0.2) is 12.4 Å². The van der Waals surface area contributed by atoms with Crippen molar-refractivity contribution in [2.45, 2.75) is 31.1 Å². The van der Waals surface area contributed by atoms with Crippen molar-refractivity contribution < 1.29 is 19.4 Å². The Labute approximate surface area is 152 Å². The van der Waals surface area contributed by atoms with Crippen molar-refractivity contribution in [3.63, 3.8) is 0 Å². The standard InChI is InChI=1S/C20H22O4S/c1-2-15-5-7-16(8-6-15)19(21)4-3-13-25-18-11-9-17(10-12-18)24-14-20(22)23/h5-12H,2-4,13-14H2,1H3,(H,22,23). The molecular formula is C20H22O4S. The lowest BCUT2D eigenvalue weighted by Gasteiger charge is -2.05. The number of hydrogen-bond donors (Lipinski definition) is 1. The van der Waals surface area contributed by atoms with Gasteiger partial charge in [-0.05, 0) is 48.4 Å². The molecule has 0 heterocycles. The summed E-state index contributed by atoms with van der Waals surface area (Å²) in [5.74, 6) is 0.583. The van der Waals surface area contributed by atoms with Crippen LogP contribution in [0.3, 0.4) is 0 Å². The van der Waals surface area contributed by atoms with Gasteiger partial charge in [0.05, 0.1) is 0 Å². The van der Waals surface area contributed by atoms with Gasteiger partial charge in [-0.1, -0.05) is 31.2 Å². The molecule has 1 N–H and O–H groups in total. The Balaban J connectivity index is 1.71. The molecule has 0 aliphatic heterocycles. The smallest absolute Gasteiger partial charge is 0.341 e. The van der Waals surface area contributed by atoms with Gasteiger partial charge in [0.1, 0.15) is 5.75 Å². The Morgan fingerprint density at radius 2 is 1.72 bits per heavy atom. The number of rotatable bonds is 10. The first kappa shape index (κ1) is 19.1. The van der Waals surface area contributed by atoms with Crippen molar-refractivity contribution in [3.05, 3.63) is 59.7 Å². The Hall–Kier alpha value is -2.27. The maximum atomic E-state index is 12.2. The van der Waals surface area contributed by atoms with E-state index in [-0.39, 0.29) is 12.4 Å². The van der Waals surface area contributed by atoms with Crippen molar-refractivity contribution in [1.82, 2.24) is 0 Å². The number of carboxylic acids is 1. The highest BCUT2D eigenvalue weighted by molar-refractivity contribution is 7.99. The molecule has 2 aromatic rings. The molecule has 2 aromatic carbocycles. The van der Waals surface area contributed by atoms with Crippen LogP contribution in [0.2, 0.25) is 0 Å². The van der Waals surface area contributed by atoms with E-state index in [0.29, 0.717) is 12.2 Å². The van der Waals surface area contributed by atoms with Crippen LogP contribution in [0, 0.1) is 0 Å². The summed E-state index contributed by atoms with van der Waals surface area (Å²) in [6.45, 7) is 1.76. The molecule has 4 nitrogen and oxygen atoms in total. The van der Waals surface area contributed by atoms with Gasteiger partial charge in [0.2, 0.25) is 0 Å². The van der Waals surface area contributed by atoms with Crippen LogP contribution < -0.4 is 4.74 Å². The molecule has 0 aromatic heterocycles. The van der Waals surface area contributed by atoms with Crippen LogP contribution in [0.1, 0.15) is 35.7 Å². The zero-order valence-electron chi connectivity index (χ0n) is 14.2. The van der Waals surface area contributed by atoms with Gasteiger partial charge < -0.3 is 9.84 Å². The first-order valence-corrected chi connectivity index (χ1v) is 9.26. The van der Waals surface area contributed by atoms with Gasteiger partial charge in [-0.2, -0.15) is 0 Å². The predicted octanol–water partition coefficient (Wildman–Crippen LogP) is 4.47. The number of aliphatic carboxylic acids is 1. The van der Waals surface area contributed by atoms with Crippen molar-refractivity contribution in [2.24, 2.45) is 0 Å². The minimum Gasteiger partial charge on any atom is -0.482 e. The molecule has 0 saturated heterocycles. The van der Waals surface area contributed by atoms with Crippen LogP contribution in [-0.2, 0) is 11.2 Å². The van der Waals surface area contributed by atoms with E-state index in [1.807, 2.05) is 36.4 Å². The third-order valence-electron chi connectivity index (χ3n) is 3.69. The highest BCUT2D eigenvalue weighted by Crippen LogP contribution is 2.23. The number of ether oxygens (including phenoxy) is 1. The number of hydrogen-bond acceptors (Lipinski definition) is 4. The zero-order valence-corrected chi connectivity index (χ0v) is 15.1. The van der Waals surface area contributed by atoms with Crippen LogP contribution >= 0.6 is 11.8 Å². The SMILES string of the molecule is CCc1ccc(C(=O)CCCSc2ccc(OCC(=O)O)cc2)cc1. The fourth-order valence-electron chi connectivity index (χ4n) is 2.27. The summed E-state index contributed by atoms with van der Waals surface area (Å²) in [6, 6.07) is 15.1. The average molecular weight is 358 g/mol. The first-order valence-electron chi connectivity index (χ1n) is 8.28. The van der Waals surface area contributed by atoms with Crippen LogP contribution in [-0.4, -0.2) is 29.2 Å². The molecule has 0 aliphatic rings. The van der Waals surface area contributed by atoms with E-state index in [0.717, 1.165) is 29.1 Å². The van der Waals surface area contributed by atoms with E-state index < -0.39 is 5.97 Å². The molecule has 0 fully saturated rings. The van der Waals surface area contributed by atoms with Crippen molar-refractivity contribution >= 4 is 23.5 Å². The fourth-order valence-corrected chi connectivity index (χ4v) is 3.12. The molecule has 132 valence electrons. The third kappa shape index (κ3) is 6.63. The third-order valence-corrected chi connectivity index (χ3v) is 4.79. The largest absolute Gasteiger partial charge is 0.482 e. The molecule has 0 spiro atoms. The molecule has 0 aliphatic carbocycles. The second-order valence-corrected chi connectivity index (χ2v) is 6.75. The highest BCUT2D eigenvalue weighted by Gasteiger charge is 2.06. The fraction of sp³-hybridized carbons (Fsp3) is 0.300. The number of carbonyl (C=O) groups is 2. The van der Waals surface area contributed by atoms with Crippen LogP contribution in [0.4, 0.5) is 0 Å². The molecule has 5 heteroatoms. The lowest BCUT2D eigenvalue weighted by molar-refractivity contribution is -0.139.